The molecule has 1 fully saturated rings. The minimum absolute atomic E-state index is 0.0369. The quantitative estimate of drug-likeness (QED) is 0.832. The van der Waals surface area contributed by atoms with Crippen LogP contribution in [0.4, 0.5) is 0 Å². The van der Waals surface area contributed by atoms with E-state index in [9.17, 15) is 13.2 Å². The molecule has 0 aromatic heterocycles. The van der Waals surface area contributed by atoms with Crippen LogP contribution in [0.25, 0.3) is 0 Å². The van der Waals surface area contributed by atoms with Gasteiger partial charge in [0.25, 0.3) is 5.91 Å². The molecule has 0 bridgehead atoms. The van der Waals surface area contributed by atoms with Crippen LogP contribution >= 0.6 is 11.6 Å². The van der Waals surface area contributed by atoms with Crippen LogP contribution in [0.2, 0.25) is 5.02 Å². The molecule has 1 unspecified atom stereocenters. The summed E-state index contributed by atoms with van der Waals surface area (Å²) >= 11 is 6.05. The highest BCUT2D eigenvalue weighted by Gasteiger charge is 2.29. The lowest BCUT2D eigenvalue weighted by molar-refractivity contribution is 0.0936. The van der Waals surface area contributed by atoms with E-state index in [-0.39, 0.29) is 33.5 Å². The van der Waals surface area contributed by atoms with Gasteiger partial charge in [-0.3, -0.25) is 4.79 Å². The van der Waals surface area contributed by atoms with Crippen molar-refractivity contribution in [2.24, 2.45) is 5.92 Å². The average molecular weight is 345 g/mol. The summed E-state index contributed by atoms with van der Waals surface area (Å²) in [5.74, 6) is 0.170. The van der Waals surface area contributed by atoms with E-state index in [0.717, 1.165) is 12.8 Å². The monoisotopic (exact) mass is 344 g/mol. The number of hydrogen-bond donors (Lipinski definition) is 2. The fourth-order valence-electron chi connectivity index (χ4n) is 2.22. The molecule has 1 saturated carbocycles. The SMILES string of the molecule is CC(C)NS(=O)(=O)c1ccc(Cl)c(C(=O)NC(C)C2CC2)c1. The second kappa shape index (κ2) is 6.56. The molecule has 0 aliphatic heterocycles. The van der Waals surface area contributed by atoms with Gasteiger partial charge < -0.3 is 5.32 Å². The number of sulfonamides is 1. The van der Waals surface area contributed by atoms with E-state index in [1.54, 1.807) is 13.8 Å². The molecule has 1 aliphatic carbocycles. The van der Waals surface area contributed by atoms with Gasteiger partial charge >= 0.3 is 0 Å². The largest absolute Gasteiger partial charge is 0.349 e. The van der Waals surface area contributed by atoms with Crippen LogP contribution in [0.15, 0.2) is 23.1 Å². The van der Waals surface area contributed by atoms with Crippen molar-refractivity contribution in [2.75, 3.05) is 0 Å². The summed E-state index contributed by atoms with van der Waals surface area (Å²) in [6.07, 6.45) is 2.23. The van der Waals surface area contributed by atoms with Crippen LogP contribution in [0.3, 0.4) is 0 Å². The van der Waals surface area contributed by atoms with E-state index < -0.39 is 10.0 Å². The molecular formula is C15H21ClN2O3S. The molecule has 5 nitrogen and oxygen atoms in total. The third-order valence-corrected chi connectivity index (χ3v) is 5.56. The zero-order valence-electron chi connectivity index (χ0n) is 12.9. The van der Waals surface area contributed by atoms with Gasteiger partial charge in [-0.2, -0.15) is 0 Å². The molecule has 122 valence electrons. The van der Waals surface area contributed by atoms with Crippen molar-refractivity contribution in [3.05, 3.63) is 28.8 Å². The Labute approximate surface area is 136 Å². The molecule has 1 aromatic carbocycles. The van der Waals surface area contributed by atoms with Gasteiger partial charge in [0.2, 0.25) is 10.0 Å². The average Bonchev–Trinajstić information content (AvgIpc) is 3.21. The Morgan fingerprint density at radius 1 is 1.27 bits per heavy atom. The summed E-state index contributed by atoms with van der Waals surface area (Å²) in [4.78, 5) is 12.3. The van der Waals surface area contributed by atoms with Gasteiger partial charge in [-0.1, -0.05) is 11.6 Å². The number of carbonyl (C=O) groups excluding carboxylic acids is 1. The number of halogens is 1. The Morgan fingerprint density at radius 2 is 1.91 bits per heavy atom. The van der Waals surface area contributed by atoms with E-state index in [1.165, 1.54) is 18.2 Å². The van der Waals surface area contributed by atoms with E-state index in [2.05, 4.69) is 10.0 Å². The van der Waals surface area contributed by atoms with Crippen molar-refractivity contribution < 1.29 is 13.2 Å². The number of carbonyl (C=O) groups is 1. The summed E-state index contributed by atoms with van der Waals surface area (Å²) in [6.45, 7) is 5.42. The molecular weight excluding hydrogens is 324 g/mol. The van der Waals surface area contributed by atoms with Crippen LogP contribution < -0.4 is 10.0 Å². The normalized spacial score (nSPS) is 16.6. The molecule has 0 radical (unpaired) electrons. The molecule has 1 atom stereocenters. The Balaban J connectivity index is 2.24. The van der Waals surface area contributed by atoms with Crippen LogP contribution in [0.5, 0.6) is 0 Å². The summed E-state index contributed by atoms with van der Waals surface area (Å²) in [7, 11) is -3.65. The van der Waals surface area contributed by atoms with Gasteiger partial charge in [0.05, 0.1) is 15.5 Å². The van der Waals surface area contributed by atoms with Crippen LogP contribution in [-0.2, 0) is 10.0 Å². The van der Waals surface area contributed by atoms with Crippen molar-refractivity contribution in [3.63, 3.8) is 0 Å². The summed E-state index contributed by atoms with van der Waals surface area (Å²) in [6, 6.07) is 3.99. The molecule has 1 aromatic rings. The van der Waals surface area contributed by atoms with E-state index in [4.69, 9.17) is 11.6 Å². The summed E-state index contributed by atoms with van der Waals surface area (Å²) < 4.78 is 26.9. The molecule has 1 amide bonds. The number of nitrogens with one attached hydrogen (secondary N) is 2. The zero-order valence-corrected chi connectivity index (χ0v) is 14.5. The van der Waals surface area contributed by atoms with Gasteiger partial charge in [-0.25, -0.2) is 13.1 Å². The van der Waals surface area contributed by atoms with Gasteiger partial charge in [-0.15, -0.1) is 0 Å². The molecule has 2 N–H and O–H groups in total. The topological polar surface area (TPSA) is 75.3 Å². The number of rotatable bonds is 6. The van der Waals surface area contributed by atoms with E-state index in [1.807, 2.05) is 6.92 Å². The molecule has 22 heavy (non-hydrogen) atoms. The molecule has 0 spiro atoms. The van der Waals surface area contributed by atoms with Gasteiger partial charge in [0, 0.05) is 12.1 Å². The molecule has 0 saturated heterocycles. The number of hydrogen-bond acceptors (Lipinski definition) is 3. The number of amides is 1. The lowest BCUT2D eigenvalue weighted by Gasteiger charge is -2.15. The highest BCUT2D eigenvalue weighted by atomic mass is 35.5. The van der Waals surface area contributed by atoms with Crippen LogP contribution in [-0.4, -0.2) is 26.4 Å². The molecule has 1 aliphatic rings. The second-order valence-corrected chi connectivity index (χ2v) is 8.14. The molecule has 2 rings (SSSR count). The molecule has 7 heteroatoms. The van der Waals surface area contributed by atoms with Crippen molar-refractivity contribution in [3.8, 4) is 0 Å². The first-order valence-electron chi connectivity index (χ1n) is 7.33. The first-order valence-corrected chi connectivity index (χ1v) is 9.19. The number of benzene rings is 1. The van der Waals surface area contributed by atoms with Gasteiger partial charge in [-0.05, 0) is 57.7 Å². The maximum Gasteiger partial charge on any atom is 0.253 e. The first kappa shape index (κ1) is 17.2. The zero-order chi connectivity index (χ0) is 16.5. The molecule has 0 heterocycles. The summed E-state index contributed by atoms with van der Waals surface area (Å²) in [5, 5.41) is 3.12. The fourth-order valence-corrected chi connectivity index (χ4v) is 3.70. The van der Waals surface area contributed by atoms with Gasteiger partial charge in [0.1, 0.15) is 0 Å². The Kier molecular flexibility index (Phi) is 5.14. The van der Waals surface area contributed by atoms with Gasteiger partial charge in [0.15, 0.2) is 0 Å². The van der Waals surface area contributed by atoms with Crippen molar-refractivity contribution in [1.82, 2.24) is 10.0 Å². The highest BCUT2D eigenvalue weighted by Crippen LogP contribution is 2.32. The first-order chi connectivity index (χ1) is 10.2. The smallest absolute Gasteiger partial charge is 0.253 e. The third-order valence-electron chi connectivity index (χ3n) is 3.57. The van der Waals surface area contributed by atoms with Crippen LogP contribution in [0, 0.1) is 5.92 Å². The van der Waals surface area contributed by atoms with E-state index in [0.29, 0.717) is 5.92 Å². The minimum atomic E-state index is -3.65. The highest BCUT2D eigenvalue weighted by molar-refractivity contribution is 7.89. The Hall–Kier alpha value is -1.11. The minimum Gasteiger partial charge on any atom is -0.349 e. The summed E-state index contributed by atoms with van der Waals surface area (Å²) in [5.41, 5.74) is 0.181. The van der Waals surface area contributed by atoms with Crippen LogP contribution in [0.1, 0.15) is 44.0 Å². The predicted molar refractivity (Wildman–Crippen MR) is 86.6 cm³/mol. The standard InChI is InChI=1S/C15H21ClN2O3S/c1-9(2)18-22(20,21)12-6-7-14(16)13(8-12)15(19)17-10(3)11-4-5-11/h6-11,18H,4-5H2,1-3H3,(H,17,19). The fraction of sp³-hybridized carbons (Fsp3) is 0.533. The maximum absolute atomic E-state index is 12.3. The lowest BCUT2D eigenvalue weighted by Crippen LogP contribution is -2.34. The Bertz CT molecular complexity index is 669. The van der Waals surface area contributed by atoms with Crippen molar-refractivity contribution >= 4 is 27.5 Å². The maximum atomic E-state index is 12.3. The van der Waals surface area contributed by atoms with E-state index >= 15 is 0 Å². The van der Waals surface area contributed by atoms with Crippen molar-refractivity contribution in [2.45, 2.75) is 50.6 Å². The lowest BCUT2D eigenvalue weighted by atomic mass is 10.1. The Morgan fingerprint density at radius 3 is 2.45 bits per heavy atom. The predicted octanol–water partition coefficient (Wildman–Crippen LogP) is 2.56. The van der Waals surface area contributed by atoms with Crippen molar-refractivity contribution in [1.29, 1.82) is 0 Å². The second-order valence-electron chi connectivity index (χ2n) is 6.02. The third kappa shape index (κ3) is 4.21.